The van der Waals surface area contributed by atoms with Crippen molar-refractivity contribution < 1.29 is 9.52 Å². The highest BCUT2D eigenvalue weighted by Crippen LogP contribution is 2.14. The molecule has 1 aromatic heterocycles. The van der Waals surface area contributed by atoms with Crippen LogP contribution in [-0.2, 0) is 6.42 Å². The summed E-state index contributed by atoms with van der Waals surface area (Å²) in [7, 11) is 0. The van der Waals surface area contributed by atoms with Crippen molar-refractivity contribution in [3.05, 3.63) is 30.2 Å². The predicted molar refractivity (Wildman–Crippen MR) is 52.8 cm³/mol. The Kier molecular flexibility index (Phi) is 2.76. The van der Waals surface area contributed by atoms with Gasteiger partial charge in [0.25, 0.3) is 0 Å². The summed E-state index contributed by atoms with van der Waals surface area (Å²) in [6.45, 7) is 0.778. The molecule has 0 saturated heterocycles. The lowest BCUT2D eigenvalue weighted by Gasteiger charge is -2.00. The quantitative estimate of drug-likeness (QED) is 0.558. The zero-order valence-corrected chi connectivity index (χ0v) is 7.73. The first kappa shape index (κ1) is 9.18. The minimum Gasteiger partial charge on any atom is -0.443 e. The second kappa shape index (κ2) is 4.21. The lowest BCUT2D eigenvalue weighted by Crippen LogP contribution is -2.17. The Morgan fingerprint density at radius 1 is 1.43 bits per heavy atom. The molecule has 2 N–H and O–H groups in total. The Hall–Kier alpha value is -1.39. The standard InChI is InChI=1S/C10H12N2O2/c13-6-11-4-3-8-1-2-9-10(5-8)14-7-12-9/h1-2,5,7,11,13H,3-4,6H2. The van der Waals surface area contributed by atoms with Gasteiger partial charge in [-0.3, -0.25) is 5.32 Å². The molecule has 1 heterocycles. The van der Waals surface area contributed by atoms with E-state index in [1.807, 2.05) is 18.2 Å². The Balaban J connectivity index is 2.10. The Morgan fingerprint density at radius 2 is 2.36 bits per heavy atom. The maximum Gasteiger partial charge on any atom is 0.181 e. The Labute approximate surface area is 81.6 Å². The van der Waals surface area contributed by atoms with Gasteiger partial charge in [-0.1, -0.05) is 6.07 Å². The molecule has 4 nitrogen and oxygen atoms in total. The smallest absolute Gasteiger partial charge is 0.181 e. The van der Waals surface area contributed by atoms with Crippen LogP contribution in [0.15, 0.2) is 29.0 Å². The number of rotatable bonds is 4. The van der Waals surface area contributed by atoms with Crippen LogP contribution < -0.4 is 5.32 Å². The summed E-state index contributed by atoms with van der Waals surface area (Å²) in [5.74, 6) is 0. The molecular weight excluding hydrogens is 180 g/mol. The lowest BCUT2D eigenvalue weighted by atomic mass is 10.1. The molecule has 0 saturated carbocycles. The monoisotopic (exact) mass is 192 g/mol. The summed E-state index contributed by atoms with van der Waals surface area (Å²) in [6, 6.07) is 5.93. The van der Waals surface area contributed by atoms with E-state index in [1.54, 1.807) is 0 Å². The molecule has 0 aliphatic heterocycles. The summed E-state index contributed by atoms with van der Waals surface area (Å²) >= 11 is 0. The van der Waals surface area contributed by atoms with Gasteiger partial charge in [-0.2, -0.15) is 0 Å². The van der Waals surface area contributed by atoms with Crippen LogP contribution in [0.3, 0.4) is 0 Å². The predicted octanol–water partition coefficient (Wildman–Crippen LogP) is 0.910. The van der Waals surface area contributed by atoms with Crippen LogP contribution >= 0.6 is 0 Å². The zero-order valence-electron chi connectivity index (χ0n) is 7.73. The fourth-order valence-electron chi connectivity index (χ4n) is 1.37. The zero-order chi connectivity index (χ0) is 9.80. The molecule has 0 unspecified atom stereocenters. The Morgan fingerprint density at radius 3 is 3.21 bits per heavy atom. The highest BCUT2D eigenvalue weighted by atomic mass is 16.3. The maximum absolute atomic E-state index is 8.54. The Bertz CT molecular complexity index is 411. The number of fused-ring (bicyclic) bond motifs is 1. The average molecular weight is 192 g/mol. The number of aromatic nitrogens is 1. The van der Waals surface area contributed by atoms with Crippen molar-refractivity contribution in [3.63, 3.8) is 0 Å². The van der Waals surface area contributed by atoms with Gasteiger partial charge in [-0.25, -0.2) is 4.98 Å². The molecule has 0 spiro atoms. The largest absolute Gasteiger partial charge is 0.443 e. The first-order chi connectivity index (χ1) is 6.90. The lowest BCUT2D eigenvalue weighted by molar-refractivity contribution is 0.262. The van der Waals surface area contributed by atoms with Gasteiger partial charge in [0.15, 0.2) is 12.0 Å². The number of hydrogen-bond donors (Lipinski definition) is 2. The van der Waals surface area contributed by atoms with Crippen LogP contribution in [0.4, 0.5) is 0 Å². The average Bonchev–Trinajstić information content (AvgIpc) is 2.65. The third kappa shape index (κ3) is 1.92. The van der Waals surface area contributed by atoms with E-state index in [0.717, 1.165) is 24.1 Å². The van der Waals surface area contributed by atoms with E-state index in [4.69, 9.17) is 9.52 Å². The molecule has 0 aliphatic carbocycles. The van der Waals surface area contributed by atoms with E-state index in [-0.39, 0.29) is 6.73 Å². The molecule has 0 amide bonds. The van der Waals surface area contributed by atoms with Crippen LogP contribution in [0.2, 0.25) is 0 Å². The van der Waals surface area contributed by atoms with E-state index >= 15 is 0 Å². The molecule has 2 aromatic rings. The van der Waals surface area contributed by atoms with Crippen molar-refractivity contribution >= 4 is 11.1 Å². The highest BCUT2D eigenvalue weighted by Gasteiger charge is 1.99. The fourth-order valence-corrected chi connectivity index (χ4v) is 1.37. The van der Waals surface area contributed by atoms with Crippen molar-refractivity contribution in [2.45, 2.75) is 6.42 Å². The van der Waals surface area contributed by atoms with Crippen LogP contribution in [-0.4, -0.2) is 23.4 Å². The summed E-state index contributed by atoms with van der Waals surface area (Å²) < 4.78 is 5.18. The summed E-state index contributed by atoms with van der Waals surface area (Å²) in [5, 5.41) is 11.4. The molecule has 14 heavy (non-hydrogen) atoms. The van der Waals surface area contributed by atoms with E-state index in [1.165, 1.54) is 12.0 Å². The van der Waals surface area contributed by atoms with Crippen LogP contribution in [0, 0.1) is 0 Å². The minimum atomic E-state index is 0.0184. The number of nitrogens with one attached hydrogen (secondary N) is 1. The number of nitrogens with zero attached hydrogens (tertiary/aromatic N) is 1. The molecule has 0 fully saturated rings. The third-order valence-electron chi connectivity index (χ3n) is 2.10. The highest BCUT2D eigenvalue weighted by molar-refractivity contribution is 5.72. The SMILES string of the molecule is OCNCCc1ccc2ncoc2c1. The van der Waals surface area contributed by atoms with Gasteiger partial charge < -0.3 is 9.52 Å². The normalized spacial score (nSPS) is 10.9. The van der Waals surface area contributed by atoms with Gasteiger partial charge in [0.05, 0.1) is 6.73 Å². The maximum atomic E-state index is 8.54. The van der Waals surface area contributed by atoms with Gasteiger partial charge >= 0.3 is 0 Å². The van der Waals surface area contributed by atoms with Crippen molar-refractivity contribution in [1.29, 1.82) is 0 Å². The number of hydrogen-bond acceptors (Lipinski definition) is 4. The van der Waals surface area contributed by atoms with Gasteiger partial charge in [-0.15, -0.1) is 0 Å². The molecule has 2 rings (SSSR count). The van der Waals surface area contributed by atoms with Gasteiger partial charge in [0, 0.05) is 6.54 Å². The first-order valence-corrected chi connectivity index (χ1v) is 4.54. The second-order valence-corrected chi connectivity index (χ2v) is 3.06. The van der Waals surface area contributed by atoms with Crippen LogP contribution in [0.25, 0.3) is 11.1 Å². The third-order valence-corrected chi connectivity index (χ3v) is 2.10. The van der Waals surface area contributed by atoms with Gasteiger partial charge in [0.2, 0.25) is 0 Å². The molecule has 0 bridgehead atoms. The topological polar surface area (TPSA) is 58.3 Å². The van der Waals surface area contributed by atoms with E-state index in [9.17, 15) is 0 Å². The molecular formula is C10H12N2O2. The van der Waals surface area contributed by atoms with Crippen molar-refractivity contribution in [1.82, 2.24) is 10.3 Å². The minimum absolute atomic E-state index is 0.0184. The van der Waals surface area contributed by atoms with E-state index in [0.29, 0.717) is 0 Å². The summed E-state index contributed by atoms with van der Waals surface area (Å²) in [4.78, 5) is 4.03. The van der Waals surface area contributed by atoms with E-state index in [2.05, 4.69) is 10.3 Å². The van der Waals surface area contributed by atoms with Crippen molar-refractivity contribution in [3.8, 4) is 0 Å². The fraction of sp³-hybridized carbons (Fsp3) is 0.300. The number of aliphatic hydroxyl groups excluding tert-OH is 1. The molecule has 0 aliphatic rings. The van der Waals surface area contributed by atoms with Crippen molar-refractivity contribution in [2.24, 2.45) is 0 Å². The summed E-state index contributed by atoms with van der Waals surface area (Å²) in [5.41, 5.74) is 2.87. The summed E-state index contributed by atoms with van der Waals surface area (Å²) in [6.07, 6.45) is 2.32. The number of benzene rings is 1. The van der Waals surface area contributed by atoms with Crippen molar-refractivity contribution in [2.75, 3.05) is 13.3 Å². The van der Waals surface area contributed by atoms with Gasteiger partial charge in [-0.05, 0) is 24.1 Å². The molecule has 0 radical (unpaired) electrons. The number of oxazole rings is 1. The van der Waals surface area contributed by atoms with Gasteiger partial charge in [0.1, 0.15) is 5.52 Å². The van der Waals surface area contributed by atoms with Crippen LogP contribution in [0.1, 0.15) is 5.56 Å². The first-order valence-electron chi connectivity index (χ1n) is 4.54. The van der Waals surface area contributed by atoms with E-state index < -0.39 is 0 Å². The van der Waals surface area contributed by atoms with Crippen LogP contribution in [0.5, 0.6) is 0 Å². The molecule has 1 aromatic carbocycles. The molecule has 0 atom stereocenters. The molecule has 74 valence electrons. The molecule has 4 heteroatoms. The second-order valence-electron chi connectivity index (χ2n) is 3.06. The number of aliphatic hydroxyl groups is 1.